The summed E-state index contributed by atoms with van der Waals surface area (Å²) in [6, 6.07) is -0.908. The molecule has 1 unspecified atom stereocenters. The number of hydrogen-bond donors (Lipinski definition) is 2. The monoisotopic (exact) mass is 284 g/mol. The van der Waals surface area contributed by atoms with Crippen LogP contribution in [0.3, 0.4) is 0 Å². The molecule has 1 heterocycles. The second-order valence-electron chi connectivity index (χ2n) is 5.22. The van der Waals surface area contributed by atoms with Crippen LogP contribution in [0.15, 0.2) is 12.4 Å². The van der Waals surface area contributed by atoms with Crippen molar-refractivity contribution in [2.75, 3.05) is 12.8 Å². The SMILES string of the molecule is COC(=O)C(Cn1cc(N)cn1)NC(=O)OC(C)(C)C. The number of carbonyl (C=O) groups excluding carboxylic acids is 2. The smallest absolute Gasteiger partial charge is 0.408 e. The number of nitrogens with two attached hydrogens (primary N) is 1. The molecule has 0 saturated carbocycles. The number of anilines is 1. The van der Waals surface area contributed by atoms with Gasteiger partial charge >= 0.3 is 12.1 Å². The van der Waals surface area contributed by atoms with Crippen LogP contribution in [-0.2, 0) is 20.8 Å². The highest BCUT2D eigenvalue weighted by molar-refractivity contribution is 5.81. The van der Waals surface area contributed by atoms with Gasteiger partial charge in [0.15, 0.2) is 0 Å². The molecule has 0 fully saturated rings. The number of esters is 1. The first-order chi connectivity index (χ1) is 9.21. The topological polar surface area (TPSA) is 108 Å². The molecule has 20 heavy (non-hydrogen) atoms. The average molecular weight is 284 g/mol. The van der Waals surface area contributed by atoms with Crippen LogP contribution in [0.1, 0.15) is 20.8 Å². The highest BCUT2D eigenvalue weighted by Gasteiger charge is 2.25. The predicted molar refractivity (Wildman–Crippen MR) is 71.8 cm³/mol. The van der Waals surface area contributed by atoms with E-state index in [4.69, 9.17) is 10.5 Å². The highest BCUT2D eigenvalue weighted by Crippen LogP contribution is 2.07. The van der Waals surface area contributed by atoms with E-state index in [2.05, 4.69) is 15.2 Å². The van der Waals surface area contributed by atoms with Crippen LogP contribution < -0.4 is 11.1 Å². The summed E-state index contributed by atoms with van der Waals surface area (Å²) in [4.78, 5) is 23.3. The number of aromatic nitrogens is 2. The molecule has 112 valence electrons. The van der Waals surface area contributed by atoms with Crippen molar-refractivity contribution in [1.29, 1.82) is 0 Å². The van der Waals surface area contributed by atoms with E-state index in [9.17, 15) is 9.59 Å². The Kier molecular flexibility index (Phi) is 4.95. The van der Waals surface area contributed by atoms with Gasteiger partial charge in [-0.1, -0.05) is 0 Å². The predicted octanol–water partition coefficient (Wildman–Crippen LogP) is 0.532. The molecule has 0 aliphatic heterocycles. The van der Waals surface area contributed by atoms with Crippen LogP contribution in [0.5, 0.6) is 0 Å². The summed E-state index contributed by atoms with van der Waals surface area (Å²) < 4.78 is 11.2. The van der Waals surface area contributed by atoms with E-state index in [1.54, 1.807) is 27.0 Å². The first-order valence-corrected chi connectivity index (χ1v) is 6.06. The summed E-state index contributed by atoms with van der Waals surface area (Å²) in [5, 5.41) is 6.39. The molecule has 1 rings (SSSR count). The molecule has 3 N–H and O–H groups in total. The van der Waals surface area contributed by atoms with Gasteiger partial charge in [-0.05, 0) is 20.8 Å². The third kappa shape index (κ3) is 5.17. The van der Waals surface area contributed by atoms with Crippen LogP contribution in [0.2, 0.25) is 0 Å². The van der Waals surface area contributed by atoms with Gasteiger partial charge in [0.05, 0.1) is 25.5 Å². The molecule has 1 atom stereocenters. The maximum atomic E-state index is 11.7. The zero-order valence-corrected chi connectivity index (χ0v) is 12.0. The molecule has 0 spiro atoms. The van der Waals surface area contributed by atoms with Crippen LogP contribution in [0, 0.1) is 0 Å². The van der Waals surface area contributed by atoms with Gasteiger partial charge in [0.2, 0.25) is 0 Å². The van der Waals surface area contributed by atoms with E-state index >= 15 is 0 Å². The largest absolute Gasteiger partial charge is 0.467 e. The van der Waals surface area contributed by atoms with E-state index in [0.29, 0.717) is 5.69 Å². The molecule has 0 saturated heterocycles. The summed E-state index contributed by atoms with van der Waals surface area (Å²) in [5.74, 6) is -0.593. The minimum absolute atomic E-state index is 0.100. The molecular formula is C12H20N4O4. The molecule has 8 heteroatoms. The fraction of sp³-hybridized carbons (Fsp3) is 0.583. The second kappa shape index (κ2) is 6.27. The van der Waals surface area contributed by atoms with Gasteiger partial charge in [-0.3, -0.25) is 4.68 Å². The van der Waals surface area contributed by atoms with Crippen LogP contribution >= 0.6 is 0 Å². The zero-order chi connectivity index (χ0) is 15.3. The Hall–Kier alpha value is -2.25. The number of nitrogens with one attached hydrogen (secondary N) is 1. The summed E-state index contributed by atoms with van der Waals surface area (Å²) in [7, 11) is 1.24. The number of alkyl carbamates (subject to hydrolysis) is 1. The molecular weight excluding hydrogens is 264 g/mol. The Morgan fingerprint density at radius 1 is 1.50 bits per heavy atom. The number of rotatable bonds is 4. The number of hydrogen-bond acceptors (Lipinski definition) is 6. The third-order valence-corrected chi connectivity index (χ3v) is 2.20. The number of methoxy groups -OCH3 is 1. The fourth-order valence-electron chi connectivity index (χ4n) is 1.44. The number of ether oxygens (including phenoxy) is 2. The van der Waals surface area contributed by atoms with Crippen molar-refractivity contribution < 1.29 is 19.1 Å². The molecule has 1 aromatic rings. The first kappa shape index (κ1) is 15.8. The Morgan fingerprint density at radius 3 is 2.60 bits per heavy atom. The van der Waals surface area contributed by atoms with E-state index in [-0.39, 0.29) is 6.54 Å². The number of carbonyl (C=O) groups is 2. The lowest BCUT2D eigenvalue weighted by atomic mass is 10.2. The lowest BCUT2D eigenvalue weighted by Crippen LogP contribution is -2.46. The van der Waals surface area contributed by atoms with Gasteiger partial charge in [0.1, 0.15) is 11.6 Å². The molecule has 0 aliphatic rings. The van der Waals surface area contributed by atoms with Crippen molar-refractivity contribution >= 4 is 17.7 Å². The van der Waals surface area contributed by atoms with Gasteiger partial charge in [-0.2, -0.15) is 5.10 Å². The highest BCUT2D eigenvalue weighted by atomic mass is 16.6. The molecule has 0 aromatic carbocycles. The van der Waals surface area contributed by atoms with Crippen molar-refractivity contribution in [3.8, 4) is 0 Å². The molecule has 0 radical (unpaired) electrons. The minimum atomic E-state index is -0.908. The van der Waals surface area contributed by atoms with Gasteiger partial charge in [0, 0.05) is 6.20 Å². The molecule has 0 bridgehead atoms. The van der Waals surface area contributed by atoms with E-state index in [0.717, 1.165) is 0 Å². The van der Waals surface area contributed by atoms with Gasteiger partial charge in [-0.15, -0.1) is 0 Å². The Morgan fingerprint density at radius 2 is 2.15 bits per heavy atom. The van der Waals surface area contributed by atoms with E-state index in [1.165, 1.54) is 18.0 Å². The van der Waals surface area contributed by atoms with Crippen molar-refractivity contribution in [3.63, 3.8) is 0 Å². The lowest BCUT2D eigenvalue weighted by molar-refractivity contribution is -0.143. The van der Waals surface area contributed by atoms with Crippen LogP contribution in [0.4, 0.5) is 10.5 Å². The lowest BCUT2D eigenvalue weighted by Gasteiger charge is -2.22. The maximum Gasteiger partial charge on any atom is 0.408 e. The Labute approximate surface area is 117 Å². The number of nitrogens with zero attached hydrogens (tertiary/aromatic N) is 2. The molecule has 0 aliphatic carbocycles. The third-order valence-electron chi connectivity index (χ3n) is 2.20. The fourth-order valence-corrected chi connectivity index (χ4v) is 1.44. The quantitative estimate of drug-likeness (QED) is 0.781. The maximum absolute atomic E-state index is 11.7. The van der Waals surface area contributed by atoms with Crippen molar-refractivity contribution in [2.24, 2.45) is 0 Å². The molecule has 1 aromatic heterocycles. The van der Waals surface area contributed by atoms with Gasteiger partial charge in [0.25, 0.3) is 0 Å². The zero-order valence-electron chi connectivity index (χ0n) is 12.0. The Balaban J connectivity index is 2.70. The molecule has 8 nitrogen and oxygen atoms in total. The minimum Gasteiger partial charge on any atom is -0.467 e. The summed E-state index contributed by atoms with van der Waals surface area (Å²) in [6.45, 7) is 5.29. The van der Waals surface area contributed by atoms with Crippen LogP contribution in [-0.4, -0.2) is 40.6 Å². The second-order valence-corrected chi connectivity index (χ2v) is 5.22. The summed E-state index contributed by atoms with van der Waals surface area (Å²) in [6.07, 6.45) is 2.29. The Bertz CT molecular complexity index is 478. The van der Waals surface area contributed by atoms with Gasteiger partial charge in [-0.25, -0.2) is 9.59 Å². The van der Waals surface area contributed by atoms with Crippen molar-refractivity contribution in [3.05, 3.63) is 12.4 Å². The average Bonchev–Trinajstić information content (AvgIpc) is 2.70. The first-order valence-electron chi connectivity index (χ1n) is 6.06. The van der Waals surface area contributed by atoms with Crippen molar-refractivity contribution in [2.45, 2.75) is 39.0 Å². The van der Waals surface area contributed by atoms with E-state index < -0.39 is 23.7 Å². The van der Waals surface area contributed by atoms with E-state index in [1.807, 2.05) is 0 Å². The van der Waals surface area contributed by atoms with Crippen molar-refractivity contribution in [1.82, 2.24) is 15.1 Å². The number of nitrogen functional groups attached to an aromatic ring is 1. The normalized spacial score (nSPS) is 12.6. The van der Waals surface area contributed by atoms with Crippen LogP contribution in [0.25, 0.3) is 0 Å². The number of amides is 1. The van der Waals surface area contributed by atoms with Gasteiger partial charge < -0.3 is 20.5 Å². The summed E-state index contributed by atoms with van der Waals surface area (Å²) in [5.41, 5.74) is 5.35. The molecule has 1 amide bonds. The summed E-state index contributed by atoms with van der Waals surface area (Å²) >= 11 is 0. The standard InChI is InChI=1S/C12H20N4O4/c1-12(2,3)20-11(18)15-9(10(17)19-4)7-16-6-8(13)5-14-16/h5-6,9H,7,13H2,1-4H3,(H,15,18).